The molecule has 0 bridgehead atoms. The molecule has 17 heavy (non-hydrogen) atoms. The second kappa shape index (κ2) is 5.31. The van der Waals surface area contributed by atoms with Crippen LogP contribution >= 0.6 is 0 Å². The van der Waals surface area contributed by atoms with Crippen molar-refractivity contribution in [3.63, 3.8) is 0 Å². The lowest BCUT2D eigenvalue weighted by Gasteiger charge is -2.13. The predicted molar refractivity (Wildman–Crippen MR) is 66.4 cm³/mol. The fourth-order valence-corrected chi connectivity index (χ4v) is 2.06. The highest BCUT2D eigenvalue weighted by Crippen LogP contribution is 2.16. The molecule has 0 heterocycles. The van der Waals surface area contributed by atoms with E-state index in [2.05, 4.69) is 5.32 Å². The van der Waals surface area contributed by atoms with E-state index >= 15 is 0 Å². The lowest BCUT2D eigenvalue weighted by Crippen LogP contribution is -2.25. The highest BCUT2D eigenvalue weighted by atomic mass is 32.2. The van der Waals surface area contributed by atoms with Crippen LogP contribution in [0.2, 0.25) is 0 Å². The van der Waals surface area contributed by atoms with Crippen LogP contribution in [0.3, 0.4) is 0 Å². The maximum Gasteiger partial charge on any atom is 0.220 e. The second-order valence-corrected chi connectivity index (χ2v) is 6.00. The van der Waals surface area contributed by atoms with E-state index in [0.717, 1.165) is 5.56 Å². The van der Waals surface area contributed by atoms with Crippen molar-refractivity contribution in [1.29, 1.82) is 0 Å². The van der Waals surface area contributed by atoms with Gasteiger partial charge in [-0.15, -0.1) is 0 Å². The van der Waals surface area contributed by atoms with Gasteiger partial charge in [-0.25, -0.2) is 8.42 Å². The molecule has 0 saturated carbocycles. The van der Waals surface area contributed by atoms with Crippen LogP contribution in [0.25, 0.3) is 0 Å². The number of carbonyl (C=O) groups is 1. The van der Waals surface area contributed by atoms with Gasteiger partial charge in [-0.05, 0) is 24.6 Å². The van der Waals surface area contributed by atoms with Gasteiger partial charge in [0.05, 0.1) is 10.9 Å². The third kappa shape index (κ3) is 3.85. The number of rotatable bonds is 4. The molecule has 0 saturated heterocycles. The first-order valence-electron chi connectivity index (χ1n) is 5.44. The summed E-state index contributed by atoms with van der Waals surface area (Å²) >= 11 is 0. The monoisotopic (exact) mass is 255 g/mol. The van der Waals surface area contributed by atoms with Crippen LogP contribution in [0.5, 0.6) is 0 Å². The molecule has 1 aromatic rings. The summed E-state index contributed by atoms with van der Waals surface area (Å²) in [5.41, 5.74) is 0.888. The normalized spacial score (nSPS) is 13.1. The highest BCUT2D eigenvalue weighted by molar-refractivity contribution is 7.90. The maximum absolute atomic E-state index is 11.3. The Morgan fingerprint density at radius 2 is 1.82 bits per heavy atom. The van der Waals surface area contributed by atoms with E-state index in [4.69, 9.17) is 0 Å². The molecule has 5 heteroatoms. The van der Waals surface area contributed by atoms with E-state index in [-0.39, 0.29) is 16.8 Å². The molecule has 0 spiro atoms. The van der Waals surface area contributed by atoms with Gasteiger partial charge in [-0.3, -0.25) is 4.79 Å². The first-order chi connectivity index (χ1) is 7.84. The van der Waals surface area contributed by atoms with Crippen LogP contribution in [-0.2, 0) is 14.6 Å². The third-order valence-corrected chi connectivity index (χ3v) is 3.64. The van der Waals surface area contributed by atoms with E-state index in [1.165, 1.54) is 6.26 Å². The SMILES string of the molecule is CCC(=O)NC(C)c1ccc(S(C)(=O)=O)cc1. The fraction of sp³-hybridized carbons (Fsp3) is 0.417. The first kappa shape index (κ1) is 13.7. The lowest BCUT2D eigenvalue weighted by molar-refractivity contribution is -0.121. The number of benzene rings is 1. The summed E-state index contributed by atoms with van der Waals surface area (Å²) < 4.78 is 22.5. The Morgan fingerprint density at radius 1 is 1.29 bits per heavy atom. The quantitative estimate of drug-likeness (QED) is 0.890. The molecule has 0 aromatic heterocycles. The number of sulfone groups is 1. The average molecular weight is 255 g/mol. The van der Waals surface area contributed by atoms with Gasteiger partial charge in [-0.2, -0.15) is 0 Å². The zero-order valence-electron chi connectivity index (χ0n) is 10.2. The molecule has 1 unspecified atom stereocenters. The van der Waals surface area contributed by atoms with Gasteiger partial charge in [0.15, 0.2) is 9.84 Å². The Morgan fingerprint density at radius 3 is 2.24 bits per heavy atom. The molecule has 1 rings (SSSR count). The molecule has 0 fully saturated rings. The number of carbonyl (C=O) groups excluding carboxylic acids is 1. The minimum Gasteiger partial charge on any atom is -0.350 e. The first-order valence-corrected chi connectivity index (χ1v) is 7.33. The number of nitrogens with one attached hydrogen (secondary N) is 1. The molecule has 1 aromatic carbocycles. The van der Waals surface area contributed by atoms with Crippen molar-refractivity contribution < 1.29 is 13.2 Å². The molecule has 94 valence electrons. The summed E-state index contributed by atoms with van der Waals surface area (Å²) in [6.45, 7) is 3.65. The fourth-order valence-electron chi connectivity index (χ4n) is 1.43. The van der Waals surface area contributed by atoms with Gasteiger partial charge in [-0.1, -0.05) is 19.1 Å². The Kier molecular flexibility index (Phi) is 4.28. The molecule has 1 atom stereocenters. The summed E-state index contributed by atoms with van der Waals surface area (Å²) in [4.78, 5) is 11.5. The van der Waals surface area contributed by atoms with Crippen LogP contribution in [0.4, 0.5) is 0 Å². The summed E-state index contributed by atoms with van der Waals surface area (Å²) in [7, 11) is -3.16. The van der Waals surface area contributed by atoms with Crippen molar-refractivity contribution >= 4 is 15.7 Å². The zero-order chi connectivity index (χ0) is 13.1. The van der Waals surface area contributed by atoms with E-state index in [1.807, 2.05) is 6.92 Å². The molecule has 1 amide bonds. The molecular weight excluding hydrogens is 238 g/mol. The molecule has 0 aliphatic heterocycles. The van der Waals surface area contributed by atoms with Crippen molar-refractivity contribution in [3.05, 3.63) is 29.8 Å². The van der Waals surface area contributed by atoms with Gasteiger partial charge < -0.3 is 5.32 Å². The summed E-state index contributed by atoms with van der Waals surface area (Å²) in [6.07, 6.45) is 1.61. The van der Waals surface area contributed by atoms with E-state index in [1.54, 1.807) is 31.2 Å². The summed E-state index contributed by atoms with van der Waals surface area (Å²) in [6, 6.07) is 6.43. The van der Waals surface area contributed by atoms with Gasteiger partial charge in [0.25, 0.3) is 0 Å². The molecule has 0 aliphatic rings. The van der Waals surface area contributed by atoms with Crippen LogP contribution in [0, 0.1) is 0 Å². The van der Waals surface area contributed by atoms with Gasteiger partial charge in [0, 0.05) is 12.7 Å². The Labute approximate surface area is 102 Å². The molecular formula is C12H17NO3S. The number of amides is 1. The smallest absolute Gasteiger partial charge is 0.220 e. The van der Waals surface area contributed by atoms with Crippen LogP contribution in [0.15, 0.2) is 29.2 Å². The minimum absolute atomic E-state index is 0.0234. The summed E-state index contributed by atoms with van der Waals surface area (Å²) in [5.74, 6) is -0.0234. The van der Waals surface area contributed by atoms with E-state index in [9.17, 15) is 13.2 Å². The maximum atomic E-state index is 11.3. The predicted octanol–water partition coefficient (Wildman–Crippen LogP) is 1.68. The van der Waals surface area contributed by atoms with Gasteiger partial charge in [0.1, 0.15) is 0 Å². The molecule has 0 radical (unpaired) electrons. The van der Waals surface area contributed by atoms with Crippen molar-refractivity contribution in [2.24, 2.45) is 0 Å². The Bertz CT molecular complexity index is 491. The van der Waals surface area contributed by atoms with Crippen LogP contribution in [0.1, 0.15) is 31.9 Å². The van der Waals surface area contributed by atoms with Gasteiger partial charge in [0.2, 0.25) is 5.91 Å². The highest BCUT2D eigenvalue weighted by Gasteiger charge is 2.10. The van der Waals surface area contributed by atoms with Crippen LogP contribution in [-0.4, -0.2) is 20.6 Å². The molecule has 4 nitrogen and oxygen atoms in total. The van der Waals surface area contributed by atoms with Crippen molar-refractivity contribution in [2.75, 3.05) is 6.26 Å². The van der Waals surface area contributed by atoms with Crippen molar-refractivity contribution in [2.45, 2.75) is 31.2 Å². The Hall–Kier alpha value is -1.36. The van der Waals surface area contributed by atoms with E-state index in [0.29, 0.717) is 6.42 Å². The Balaban J connectivity index is 2.84. The average Bonchev–Trinajstić information content (AvgIpc) is 2.27. The number of hydrogen-bond acceptors (Lipinski definition) is 3. The second-order valence-electron chi connectivity index (χ2n) is 3.98. The standard InChI is InChI=1S/C12H17NO3S/c1-4-12(14)13-9(2)10-5-7-11(8-6-10)17(3,15)16/h5-9H,4H2,1-3H3,(H,13,14). The van der Waals surface area contributed by atoms with Crippen LogP contribution < -0.4 is 5.32 Å². The van der Waals surface area contributed by atoms with Crippen molar-refractivity contribution in [3.8, 4) is 0 Å². The molecule has 1 N–H and O–H groups in total. The largest absolute Gasteiger partial charge is 0.350 e. The summed E-state index contributed by atoms with van der Waals surface area (Å²) in [5, 5.41) is 2.82. The van der Waals surface area contributed by atoms with E-state index < -0.39 is 9.84 Å². The topological polar surface area (TPSA) is 63.2 Å². The number of hydrogen-bond donors (Lipinski definition) is 1. The zero-order valence-corrected chi connectivity index (χ0v) is 11.0. The minimum atomic E-state index is -3.16. The van der Waals surface area contributed by atoms with Crippen molar-refractivity contribution in [1.82, 2.24) is 5.32 Å². The third-order valence-electron chi connectivity index (χ3n) is 2.51. The lowest BCUT2D eigenvalue weighted by atomic mass is 10.1. The molecule has 0 aliphatic carbocycles. The van der Waals surface area contributed by atoms with Gasteiger partial charge >= 0.3 is 0 Å².